The van der Waals surface area contributed by atoms with Crippen molar-refractivity contribution in [3.63, 3.8) is 0 Å². The number of nitrogens with zero attached hydrogens (tertiary/aromatic N) is 1. The third-order valence-corrected chi connectivity index (χ3v) is 4.46. The van der Waals surface area contributed by atoms with Crippen molar-refractivity contribution in [1.29, 1.82) is 0 Å². The van der Waals surface area contributed by atoms with Gasteiger partial charge < -0.3 is 20.5 Å². The number of amides is 1. The van der Waals surface area contributed by atoms with Gasteiger partial charge in [0.1, 0.15) is 11.5 Å². The Morgan fingerprint density at radius 3 is 2.50 bits per heavy atom. The second kappa shape index (κ2) is 10.0. The zero-order valence-electron chi connectivity index (χ0n) is 15.1. The van der Waals surface area contributed by atoms with Gasteiger partial charge in [-0.25, -0.2) is 0 Å². The Kier molecular flexibility index (Phi) is 7.74. The minimum atomic E-state index is -0.590. The van der Waals surface area contributed by atoms with Crippen molar-refractivity contribution in [2.45, 2.75) is 18.9 Å². The highest BCUT2D eigenvalue weighted by atomic mass is 35.5. The van der Waals surface area contributed by atoms with E-state index in [1.165, 1.54) is 24.3 Å². The van der Waals surface area contributed by atoms with Crippen molar-refractivity contribution < 1.29 is 19.2 Å². The smallest absolute Gasteiger partial charge is 0.269 e. The molecule has 1 atom stereocenters. The first-order valence-electron chi connectivity index (χ1n) is 8.69. The Labute approximate surface area is 168 Å². The first-order valence-corrected chi connectivity index (χ1v) is 8.69. The molecule has 0 aromatic heterocycles. The van der Waals surface area contributed by atoms with Gasteiger partial charge in [0.2, 0.25) is 5.91 Å². The molecule has 2 aromatic carbocycles. The standard InChI is InChI=1S/C19H21N3O5.ClH/c20-18(13-8-10-26-11-9-13)19(23)21-14-2-1-3-17(12-14)27-16-6-4-15(5-7-16)22(24)25;/h1-7,12-13,18H,8-11,20H2,(H,21,23);1H. The number of benzene rings is 2. The third-order valence-electron chi connectivity index (χ3n) is 4.46. The highest BCUT2D eigenvalue weighted by Crippen LogP contribution is 2.26. The van der Waals surface area contributed by atoms with Crippen molar-refractivity contribution in [1.82, 2.24) is 0 Å². The van der Waals surface area contributed by atoms with Crippen LogP contribution in [0.1, 0.15) is 12.8 Å². The van der Waals surface area contributed by atoms with E-state index in [-0.39, 0.29) is 29.9 Å². The van der Waals surface area contributed by atoms with Gasteiger partial charge in [0.25, 0.3) is 5.69 Å². The van der Waals surface area contributed by atoms with Crippen LogP contribution in [0.2, 0.25) is 0 Å². The number of halogens is 1. The zero-order chi connectivity index (χ0) is 19.2. The molecule has 150 valence electrons. The molecule has 1 fully saturated rings. The quantitative estimate of drug-likeness (QED) is 0.559. The summed E-state index contributed by atoms with van der Waals surface area (Å²) in [6, 6.07) is 12.1. The van der Waals surface area contributed by atoms with Gasteiger partial charge in [0.05, 0.1) is 11.0 Å². The summed E-state index contributed by atoms with van der Waals surface area (Å²) in [7, 11) is 0. The molecule has 8 nitrogen and oxygen atoms in total. The van der Waals surface area contributed by atoms with Crippen LogP contribution in [-0.4, -0.2) is 30.1 Å². The van der Waals surface area contributed by atoms with Crippen LogP contribution in [0, 0.1) is 16.0 Å². The summed E-state index contributed by atoms with van der Waals surface area (Å²) in [6.45, 7) is 1.26. The number of non-ortho nitro benzene ring substituents is 1. The van der Waals surface area contributed by atoms with Crippen LogP contribution >= 0.6 is 12.4 Å². The molecule has 0 radical (unpaired) electrons. The van der Waals surface area contributed by atoms with E-state index in [1.807, 2.05) is 0 Å². The van der Waals surface area contributed by atoms with Crippen LogP contribution in [0.3, 0.4) is 0 Å². The summed E-state index contributed by atoms with van der Waals surface area (Å²) in [5, 5.41) is 13.5. The number of ether oxygens (including phenoxy) is 2. The van der Waals surface area contributed by atoms with Crippen LogP contribution in [0.25, 0.3) is 0 Å². The van der Waals surface area contributed by atoms with E-state index in [2.05, 4.69) is 5.32 Å². The molecular formula is C19H22ClN3O5. The van der Waals surface area contributed by atoms with E-state index in [0.717, 1.165) is 12.8 Å². The number of nitrogens with two attached hydrogens (primary N) is 1. The zero-order valence-corrected chi connectivity index (χ0v) is 15.9. The van der Waals surface area contributed by atoms with E-state index in [1.54, 1.807) is 24.3 Å². The molecule has 0 spiro atoms. The Bertz CT molecular complexity index is 809. The van der Waals surface area contributed by atoms with Gasteiger partial charge in [0, 0.05) is 37.1 Å². The van der Waals surface area contributed by atoms with Gasteiger partial charge in [-0.15, -0.1) is 12.4 Å². The van der Waals surface area contributed by atoms with Crippen LogP contribution < -0.4 is 15.8 Å². The molecule has 0 bridgehead atoms. The molecule has 3 rings (SSSR count). The molecule has 0 saturated carbocycles. The number of anilines is 1. The number of hydrogen-bond acceptors (Lipinski definition) is 6. The highest BCUT2D eigenvalue weighted by Gasteiger charge is 2.26. The molecular weight excluding hydrogens is 386 g/mol. The number of carbonyl (C=O) groups excluding carboxylic acids is 1. The third kappa shape index (κ3) is 5.66. The van der Waals surface area contributed by atoms with Gasteiger partial charge >= 0.3 is 0 Å². The van der Waals surface area contributed by atoms with E-state index in [4.69, 9.17) is 15.2 Å². The number of hydrogen-bond donors (Lipinski definition) is 2. The topological polar surface area (TPSA) is 117 Å². The Hall–Kier alpha value is -2.68. The molecule has 1 saturated heterocycles. The second-order valence-corrected chi connectivity index (χ2v) is 6.35. The van der Waals surface area contributed by atoms with E-state index >= 15 is 0 Å². The van der Waals surface area contributed by atoms with E-state index in [9.17, 15) is 14.9 Å². The maximum absolute atomic E-state index is 12.4. The fourth-order valence-corrected chi connectivity index (χ4v) is 2.92. The molecule has 1 heterocycles. The SMILES string of the molecule is Cl.NC(C(=O)Nc1cccc(Oc2ccc([N+](=O)[O-])cc2)c1)C1CCOCC1. The predicted molar refractivity (Wildman–Crippen MR) is 107 cm³/mol. The Morgan fingerprint density at radius 1 is 1.18 bits per heavy atom. The van der Waals surface area contributed by atoms with Crippen molar-refractivity contribution in [3.05, 3.63) is 58.6 Å². The van der Waals surface area contributed by atoms with Crippen LogP contribution in [-0.2, 0) is 9.53 Å². The maximum atomic E-state index is 12.4. The predicted octanol–water partition coefficient (Wildman–Crippen LogP) is 3.50. The number of nitrogens with one attached hydrogen (secondary N) is 1. The first kappa shape index (κ1) is 21.6. The molecule has 2 aromatic rings. The molecule has 9 heteroatoms. The number of nitro groups is 1. The number of nitro benzene ring substituents is 1. The monoisotopic (exact) mass is 407 g/mol. The van der Waals surface area contributed by atoms with Gasteiger partial charge in [-0.05, 0) is 43.0 Å². The fraction of sp³-hybridized carbons (Fsp3) is 0.316. The van der Waals surface area contributed by atoms with Crippen molar-refractivity contribution in [3.8, 4) is 11.5 Å². The lowest BCUT2D eigenvalue weighted by Crippen LogP contribution is -2.43. The molecule has 28 heavy (non-hydrogen) atoms. The van der Waals surface area contributed by atoms with Crippen molar-refractivity contribution in [2.75, 3.05) is 18.5 Å². The lowest BCUT2D eigenvalue weighted by Gasteiger charge is -2.26. The summed E-state index contributed by atoms with van der Waals surface area (Å²) in [5.41, 5.74) is 6.65. The average molecular weight is 408 g/mol. The van der Waals surface area contributed by atoms with Gasteiger partial charge in [0.15, 0.2) is 0 Å². The van der Waals surface area contributed by atoms with Crippen molar-refractivity contribution in [2.24, 2.45) is 11.7 Å². The van der Waals surface area contributed by atoms with Gasteiger partial charge in [-0.3, -0.25) is 14.9 Å². The molecule has 1 aliphatic rings. The lowest BCUT2D eigenvalue weighted by atomic mass is 9.92. The minimum absolute atomic E-state index is 0. The second-order valence-electron chi connectivity index (χ2n) is 6.35. The molecule has 1 amide bonds. The maximum Gasteiger partial charge on any atom is 0.269 e. The van der Waals surface area contributed by atoms with Crippen LogP contribution in [0.4, 0.5) is 11.4 Å². The summed E-state index contributed by atoms with van der Waals surface area (Å²) in [5.74, 6) is 0.831. The molecule has 3 N–H and O–H groups in total. The first-order chi connectivity index (χ1) is 13.0. The minimum Gasteiger partial charge on any atom is -0.457 e. The van der Waals surface area contributed by atoms with E-state index in [0.29, 0.717) is 30.4 Å². The highest BCUT2D eigenvalue weighted by molar-refractivity contribution is 5.95. The number of carbonyl (C=O) groups is 1. The fourth-order valence-electron chi connectivity index (χ4n) is 2.92. The average Bonchev–Trinajstić information content (AvgIpc) is 2.68. The van der Waals surface area contributed by atoms with Gasteiger partial charge in [-0.2, -0.15) is 0 Å². The Morgan fingerprint density at radius 2 is 1.86 bits per heavy atom. The van der Waals surface area contributed by atoms with E-state index < -0.39 is 11.0 Å². The summed E-state index contributed by atoms with van der Waals surface area (Å²) in [6.07, 6.45) is 1.55. The normalized spacial score (nSPS) is 15.2. The van der Waals surface area contributed by atoms with Crippen LogP contribution in [0.5, 0.6) is 11.5 Å². The van der Waals surface area contributed by atoms with Crippen molar-refractivity contribution >= 4 is 29.7 Å². The number of rotatable bonds is 6. The summed E-state index contributed by atoms with van der Waals surface area (Å²) in [4.78, 5) is 22.6. The lowest BCUT2D eigenvalue weighted by molar-refractivity contribution is -0.384. The van der Waals surface area contributed by atoms with Gasteiger partial charge in [-0.1, -0.05) is 6.07 Å². The Balaban J connectivity index is 0.00000280. The van der Waals surface area contributed by atoms with Crippen LogP contribution in [0.15, 0.2) is 48.5 Å². The molecule has 0 aliphatic carbocycles. The largest absolute Gasteiger partial charge is 0.457 e. The summed E-state index contributed by atoms with van der Waals surface area (Å²) >= 11 is 0. The summed E-state index contributed by atoms with van der Waals surface area (Å²) < 4.78 is 11.0. The molecule has 1 unspecified atom stereocenters. The molecule has 1 aliphatic heterocycles.